The van der Waals surface area contributed by atoms with E-state index in [9.17, 15) is 4.79 Å². The summed E-state index contributed by atoms with van der Waals surface area (Å²) in [5, 5.41) is 0. The molecule has 1 aliphatic heterocycles. The molecule has 0 radical (unpaired) electrons. The third kappa shape index (κ3) is 2.97. The zero-order chi connectivity index (χ0) is 13.8. The lowest BCUT2D eigenvalue weighted by atomic mass is 10.1. The van der Waals surface area contributed by atoms with Crippen LogP contribution in [0.2, 0.25) is 0 Å². The van der Waals surface area contributed by atoms with Crippen molar-refractivity contribution in [2.45, 2.75) is 6.92 Å². The van der Waals surface area contributed by atoms with Gasteiger partial charge >= 0.3 is 0 Å². The van der Waals surface area contributed by atoms with Crippen LogP contribution in [0.3, 0.4) is 0 Å². The van der Waals surface area contributed by atoms with Crippen molar-refractivity contribution in [1.29, 1.82) is 0 Å². The highest BCUT2D eigenvalue weighted by molar-refractivity contribution is 5.99. The van der Waals surface area contributed by atoms with Crippen molar-refractivity contribution in [2.75, 3.05) is 43.4 Å². The third-order valence-corrected chi connectivity index (χ3v) is 3.60. The number of piperazine rings is 1. The Morgan fingerprint density at radius 1 is 1.32 bits per heavy atom. The molecule has 0 unspecified atom stereocenters. The predicted octanol–water partition coefficient (Wildman–Crippen LogP) is 0.0142. The first-order valence-corrected chi connectivity index (χ1v) is 6.53. The highest BCUT2D eigenvalue weighted by Crippen LogP contribution is 2.22. The second-order valence-corrected chi connectivity index (χ2v) is 4.67. The topological polar surface area (TPSA) is 87.6 Å². The molecule has 1 amide bonds. The number of hydrogen-bond donors (Lipinski definition) is 3. The molecule has 0 atom stereocenters. The normalized spacial score (nSPS) is 16.4. The van der Waals surface area contributed by atoms with Crippen molar-refractivity contribution in [1.82, 2.24) is 10.3 Å². The first-order valence-electron chi connectivity index (χ1n) is 6.53. The van der Waals surface area contributed by atoms with Crippen LogP contribution in [0.1, 0.15) is 17.3 Å². The SMILES string of the molecule is CCN1CCN(c2ccc(N)c(C(=O)NN)c2)CC1. The number of benzene rings is 1. The zero-order valence-electron chi connectivity index (χ0n) is 11.2. The average molecular weight is 263 g/mol. The van der Waals surface area contributed by atoms with Gasteiger partial charge in [0.1, 0.15) is 0 Å². The zero-order valence-corrected chi connectivity index (χ0v) is 11.2. The smallest absolute Gasteiger partial charge is 0.267 e. The van der Waals surface area contributed by atoms with Gasteiger partial charge in [-0.25, -0.2) is 5.84 Å². The predicted molar refractivity (Wildman–Crippen MR) is 76.8 cm³/mol. The fourth-order valence-corrected chi connectivity index (χ4v) is 2.34. The maximum absolute atomic E-state index is 11.6. The summed E-state index contributed by atoms with van der Waals surface area (Å²) in [4.78, 5) is 16.3. The molecule has 2 rings (SSSR count). The van der Waals surface area contributed by atoms with Crippen LogP contribution in [0.15, 0.2) is 18.2 Å². The maximum atomic E-state index is 11.6. The Balaban J connectivity index is 2.15. The highest BCUT2D eigenvalue weighted by Gasteiger charge is 2.17. The number of rotatable bonds is 3. The summed E-state index contributed by atoms with van der Waals surface area (Å²) >= 11 is 0. The number of carbonyl (C=O) groups is 1. The van der Waals surface area contributed by atoms with Gasteiger partial charge in [0.2, 0.25) is 0 Å². The number of nitrogens with two attached hydrogens (primary N) is 2. The fraction of sp³-hybridized carbons (Fsp3) is 0.462. The van der Waals surface area contributed by atoms with E-state index in [0.717, 1.165) is 38.4 Å². The highest BCUT2D eigenvalue weighted by atomic mass is 16.2. The van der Waals surface area contributed by atoms with Gasteiger partial charge in [-0.1, -0.05) is 6.92 Å². The minimum Gasteiger partial charge on any atom is -0.398 e. The van der Waals surface area contributed by atoms with Gasteiger partial charge < -0.3 is 15.5 Å². The Morgan fingerprint density at radius 3 is 2.58 bits per heavy atom. The third-order valence-electron chi connectivity index (χ3n) is 3.60. The maximum Gasteiger partial charge on any atom is 0.267 e. The number of amides is 1. The Labute approximate surface area is 113 Å². The van der Waals surface area contributed by atoms with E-state index in [0.29, 0.717) is 11.3 Å². The molecular weight excluding hydrogens is 242 g/mol. The Bertz CT molecular complexity index is 454. The van der Waals surface area contributed by atoms with Gasteiger partial charge in [0.05, 0.1) is 5.56 Å². The van der Waals surface area contributed by atoms with Crippen LogP contribution in [0.5, 0.6) is 0 Å². The number of carbonyl (C=O) groups excluding carboxylic acids is 1. The van der Waals surface area contributed by atoms with Gasteiger partial charge in [0.15, 0.2) is 0 Å². The van der Waals surface area contributed by atoms with E-state index >= 15 is 0 Å². The molecule has 6 heteroatoms. The second kappa shape index (κ2) is 5.90. The molecule has 5 N–H and O–H groups in total. The molecule has 0 aliphatic carbocycles. The summed E-state index contributed by atoms with van der Waals surface area (Å²) in [5.41, 5.74) is 9.81. The minimum atomic E-state index is -0.355. The van der Waals surface area contributed by atoms with E-state index in [4.69, 9.17) is 11.6 Å². The van der Waals surface area contributed by atoms with E-state index in [2.05, 4.69) is 22.1 Å². The van der Waals surface area contributed by atoms with Crippen molar-refractivity contribution in [3.8, 4) is 0 Å². The Hall–Kier alpha value is -1.79. The number of nitrogens with one attached hydrogen (secondary N) is 1. The average Bonchev–Trinajstić information content (AvgIpc) is 2.47. The first-order chi connectivity index (χ1) is 9.15. The summed E-state index contributed by atoms with van der Waals surface area (Å²) in [6, 6.07) is 5.51. The van der Waals surface area contributed by atoms with Crippen LogP contribution in [0.4, 0.5) is 11.4 Å². The molecule has 19 heavy (non-hydrogen) atoms. The van der Waals surface area contributed by atoms with Crippen LogP contribution in [-0.2, 0) is 0 Å². The molecule has 0 saturated carbocycles. The van der Waals surface area contributed by atoms with Crippen molar-refractivity contribution >= 4 is 17.3 Å². The molecule has 0 spiro atoms. The summed E-state index contributed by atoms with van der Waals surface area (Å²) in [6.45, 7) is 7.25. The summed E-state index contributed by atoms with van der Waals surface area (Å²) in [7, 11) is 0. The van der Waals surface area contributed by atoms with Gasteiger partial charge in [-0.15, -0.1) is 0 Å². The Kier molecular flexibility index (Phi) is 4.24. The second-order valence-electron chi connectivity index (χ2n) is 4.67. The summed E-state index contributed by atoms with van der Waals surface area (Å²) in [6.07, 6.45) is 0. The van der Waals surface area contributed by atoms with Crippen LogP contribution in [-0.4, -0.2) is 43.5 Å². The molecule has 1 saturated heterocycles. The summed E-state index contributed by atoms with van der Waals surface area (Å²) in [5.74, 6) is 4.81. The lowest BCUT2D eigenvalue weighted by Crippen LogP contribution is -2.46. The Morgan fingerprint density at radius 2 is 2.00 bits per heavy atom. The van der Waals surface area contributed by atoms with Crippen LogP contribution < -0.4 is 21.9 Å². The lowest BCUT2D eigenvalue weighted by molar-refractivity contribution is 0.0954. The van der Waals surface area contributed by atoms with Gasteiger partial charge in [-0.3, -0.25) is 10.2 Å². The first kappa shape index (κ1) is 13.6. The minimum absolute atomic E-state index is 0.355. The standard InChI is InChI=1S/C13H21N5O/c1-2-17-5-7-18(8-6-17)10-3-4-12(14)11(9-10)13(19)16-15/h3-4,9H,2,5-8,14-15H2,1H3,(H,16,19). The molecule has 1 heterocycles. The van der Waals surface area contributed by atoms with Crippen LogP contribution in [0, 0.1) is 0 Å². The quantitative estimate of drug-likeness (QED) is 0.309. The van der Waals surface area contributed by atoms with Crippen molar-refractivity contribution < 1.29 is 4.79 Å². The molecule has 104 valence electrons. The van der Waals surface area contributed by atoms with E-state index in [-0.39, 0.29) is 5.91 Å². The fourth-order valence-electron chi connectivity index (χ4n) is 2.34. The molecule has 6 nitrogen and oxygen atoms in total. The number of hydrogen-bond acceptors (Lipinski definition) is 5. The van der Waals surface area contributed by atoms with Gasteiger partial charge in [0, 0.05) is 37.6 Å². The van der Waals surface area contributed by atoms with E-state index in [1.165, 1.54) is 0 Å². The molecule has 1 aliphatic rings. The van der Waals surface area contributed by atoms with Crippen LogP contribution in [0.25, 0.3) is 0 Å². The van der Waals surface area contributed by atoms with Crippen molar-refractivity contribution in [2.24, 2.45) is 5.84 Å². The van der Waals surface area contributed by atoms with Gasteiger partial charge in [-0.05, 0) is 24.7 Å². The largest absolute Gasteiger partial charge is 0.398 e. The molecule has 0 bridgehead atoms. The van der Waals surface area contributed by atoms with Gasteiger partial charge in [-0.2, -0.15) is 0 Å². The molecule has 0 aromatic heterocycles. The lowest BCUT2D eigenvalue weighted by Gasteiger charge is -2.35. The molecule has 1 aromatic carbocycles. The number of nitrogen functional groups attached to an aromatic ring is 2. The number of likely N-dealkylation sites (N-methyl/N-ethyl adjacent to an activating group) is 1. The van der Waals surface area contributed by atoms with E-state index < -0.39 is 0 Å². The van der Waals surface area contributed by atoms with Gasteiger partial charge in [0.25, 0.3) is 5.91 Å². The summed E-state index contributed by atoms with van der Waals surface area (Å²) < 4.78 is 0. The number of hydrazine groups is 1. The number of nitrogens with zero attached hydrogens (tertiary/aromatic N) is 2. The van der Waals surface area contributed by atoms with E-state index in [1.807, 2.05) is 6.07 Å². The van der Waals surface area contributed by atoms with Crippen molar-refractivity contribution in [3.05, 3.63) is 23.8 Å². The molecule has 1 aromatic rings. The van der Waals surface area contributed by atoms with Crippen LogP contribution >= 0.6 is 0 Å². The van der Waals surface area contributed by atoms with Crippen molar-refractivity contribution in [3.63, 3.8) is 0 Å². The number of anilines is 2. The monoisotopic (exact) mass is 263 g/mol. The molecule has 1 fully saturated rings. The molecular formula is C13H21N5O. The van der Waals surface area contributed by atoms with E-state index in [1.54, 1.807) is 12.1 Å².